The standard InChI is InChI=1S/C25H29FN2O6S.C2HF3O2/c1-35(30,31)27-25(29)20-12-19(17-5-6-17)23(13-21(20)26)34-18-3-2-8-28(15-18)14-16-4-7-22-24(11-16)33-10-9-32-22;3-2(4,5)1(6)7/h4,7,11-13,17-18H,2-3,5-6,8-10,14-15H2,1H3,(H,27,29);(H,6,7)/t18-;/m1./s1. The van der Waals surface area contributed by atoms with Gasteiger partial charge in [0.05, 0.1) is 11.8 Å². The number of aliphatic carboxylic acids is 1. The predicted octanol–water partition coefficient (Wildman–Crippen LogP) is 3.84. The number of piperidine rings is 1. The van der Waals surface area contributed by atoms with E-state index in [4.69, 9.17) is 24.1 Å². The number of benzene rings is 2. The van der Waals surface area contributed by atoms with E-state index in [-0.39, 0.29) is 17.6 Å². The zero-order chi connectivity index (χ0) is 30.7. The summed E-state index contributed by atoms with van der Waals surface area (Å²) >= 11 is 0. The molecule has 2 aliphatic heterocycles. The van der Waals surface area contributed by atoms with Gasteiger partial charge in [-0.15, -0.1) is 0 Å². The Morgan fingerprint density at radius 1 is 1.10 bits per heavy atom. The van der Waals surface area contributed by atoms with Crippen LogP contribution in [0.4, 0.5) is 17.6 Å². The number of rotatable bonds is 7. The maximum absolute atomic E-state index is 14.8. The number of nitrogens with zero attached hydrogens (tertiary/aromatic N) is 1. The largest absolute Gasteiger partial charge is 0.490 e. The SMILES string of the molecule is CS(=O)(=O)NC(=O)c1cc(C2CC2)c(O[C@@H]2CCCN(Cc3ccc4c(c3)OCCO4)C2)cc1F.O=C(O)C(F)(F)F. The van der Waals surface area contributed by atoms with Crippen molar-refractivity contribution in [2.75, 3.05) is 32.6 Å². The Morgan fingerprint density at radius 3 is 2.38 bits per heavy atom. The van der Waals surface area contributed by atoms with Gasteiger partial charge in [-0.25, -0.2) is 22.3 Å². The number of fused-ring (bicyclic) bond motifs is 1. The van der Waals surface area contributed by atoms with Crippen LogP contribution in [0.1, 0.15) is 53.1 Å². The van der Waals surface area contributed by atoms with Crippen molar-refractivity contribution < 1.29 is 54.9 Å². The highest BCUT2D eigenvalue weighted by molar-refractivity contribution is 7.89. The molecule has 42 heavy (non-hydrogen) atoms. The topological polar surface area (TPSA) is 131 Å². The summed E-state index contributed by atoms with van der Waals surface area (Å²) in [5, 5.41) is 7.12. The second kappa shape index (κ2) is 12.7. The number of carbonyl (C=O) groups is 2. The van der Waals surface area contributed by atoms with Gasteiger partial charge in [-0.1, -0.05) is 6.07 Å². The molecule has 1 amide bonds. The predicted molar refractivity (Wildman–Crippen MR) is 141 cm³/mol. The average Bonchev–Trinajstić information content (AvgIpc) is 3.73. The molecule has 1 aliphatic carbocycles. The van der Waals surface area contributed by atoms with Gasteiger partial charge in [0.1, 0.15) is 30.9 Å². The molecule has 2 aromatic carbocycles. The molecular weight excluding hydrogens is 588 g/mol. The summed E-state index contributed by atoms with van der Waals surface area (Å²) in [6, 6.07) is 8.66. The van der Waals surface area contributed by atoms with Crippen molar-refractivity contribution >= 4 is 21.9 Å². The Bertz CT molecular complexity index is 1430. The van der Waals surface area contributed by atoms with E-state index in [1.807, 2.05) is 22.9 Å². The van der Waals surface area contributed by atoms with Crippen molar-refractivity contribution in [3.8, 4) is 17.2 Å². The third kappa shape index (κ3) is 8.71. The summed E-state index contributed by atoms with van der Waals surface area (Å²) in [5.41, 5.74) is 1.60. The van der Waals surface area contributed by atoms with E-state index in [2.05, 4.69) is 4.90 Å². The maximum atomic E-state index is 14.8. The summed E-state index contributed by atoms with van der Waals surface area (Å²) in [4.78, 5) is 23.5. The van der Waals surface area contributed by atoms with E-state index in [0.29, 0.717) is 25.5 Å². The number of nitrogens with one attached hydrogen (secondary N) is 1. The quantitative estimate of drug-likeness (QED) is 0.445. The van der Waals surface area contributed by atoms with Gasteiger partial charge < -0.3 is 19.3 Å². The Morgan fingerprint density at radius 2 is 1.76 bits per heavy atom. The molecule has 0 spiro atoms. The number of sulfonamides is 1. The van der Waals surface area contributed by atoms with Crippen molar-refractivity contribution in [3.63, 3.8) is 0 Å². The summed E-state index contributed by atoms with van der Waals surface area (Å²) in [6.07, 6.45) is -0.688. The van der Waals surface area contributed by atoms with Gasteiger partial charge in [-0.2, -0.15) is 13.2 Å². The summed E-state index contributed by atoms with van der Waals surface area (Å²) < 4.78 is 88.8. The van der Waals surface area contributed by atoms with Crippen LogP contribution < -0.4 is 18.9 Å². The second-order valence-electron chi connectivity index (χ2n) is 10.2. The van der Waals surface area contributed by atoms with Crippen molar-refractivity contribution in [1.82, 2.24) is 9.62 Å². The molecular formula is C27H30F4N2O8S. The van der Waals surface area contributed by atoms with E-state index in [1.165, 1.54) is 12.1 Å². The van der Waals surface area contributed by atoms with E-state index in [0.717, 1.165) is 67.7 Å². The molecule has 0 bridgehead atoms. The monoisotopic (exact) mass is 618 g/mol. The summed E-state index contributed by atoms with van der Waals surface area (Å²) in [5.74, 6) is -2.37. The number of carbonyl (C=O) groups excluding carboxylic acids is 1. The smallest absolute Gasteiger partial charge is 0.489 e. The third-order valence-corrected chi connectivity index (χ3v) is 7.21. The molecule has 230 valence electrons. The van der Waals surface area contributed by atoms with Crippen LogP contribution in [0.5, 0.6) is 17.2 Å². The van der Waals surface area contributed by atoms with Crippen LogP contribution in [0.15, 0.2) is 30.3 Å². The van der Waals surface area contributed by atoms with Crippen molar-refractivity contribution in [1.29, 1.82) is 0 Å². The maximum Gasteiger partial charge on any atom is 0.490 e. The fourth-order valence-electron chi connectivity index (χ4n) is 4.66. The first-order chi connectivity index (χ1) is 19.7. The van der Waals surface area contributed by atoms with Crippen LogP contribution in [0.3, 0.4) is 0 Å². The lowest BCUT2D eigenvalue weighted by Crippen LogP contribution is -2.40. The minimum atomic E-state index is -5.08. The zero-order valence-corrected chi connectivity index (χ0v) is 23.4. The number of carboxylic acids is 1. The van der Waals surface area contributed by atoms with Crippen LogP contribution in [-0.2, 0) is 21.4 Å². The van der Waals surface area contributed by atoms with Gasteiger partial charge in [-0.3, -0.25) is 9.69 Å². The van der Waals surface area contributed by atoms with E-state index < -0.39 is 33.9 Å². The van der Waals surface area contributed by atoms with Crippen molar-refractivity contribution in [2.24, 2.45) is 0 Å². The zero-order valence-electron chi connectivity index (χ0n) is 22.6. The van der Waals surface area contributed by atoms with Gasteiger partial charge in [0.15, 0.2) is 11.5 Å². The molecule has 1 atom stereocenters. The normalized spacial score (nSPS) is 18.8. The third-order valence-electron chi connectivity index (χ3n) is 6.65. The van der Waals surface area contributed by atoms with Crippen LogP contribution in [-0.4, -0.2) is 75.1 Å². The van der Waals surface area contributed by atoms with E-state index >= 15 is 0 Å². The molecule has 2 fully saturated rings. The molecule has 2 N–H and O–H groups in total. The molecule has 1 saturated heterocycles. The summed E-state index contributed by atoms with van der Waals surface area (Å²) in [6.45, 7) is 3.47. The Hall–Kier alpha value is -3.59. The number of halogens is 4. The van der Waals surface area contributed by atoms with Crippen LogP contribution in [0.25, 0.3) is 0 Å². The number of ether oxygens (including phenoxy) is 3. The first kappa shape index (κ1) is 31.3. The van der Waals surface area contributed by atoms with Gasteiger partial charge in [0.25, 0.3) is 5.91 Å². The number of likely N-dealkylation sites (tertiary alicyclic amines) is 1. The fourth-order valence-corrected chi connectivity index (χ4v) is 5.11. The minimum Gasteiger partial charge on any atom is -0.489 e. The molecule has 15 heteroatoms. The molecule has 0 aromatic heterocycles. The lowest BCUT2D eigenvalue weighted by atomic mass is 10.0. The molecule has 0 unspecified atom stereocenters. The van der Waals surface area contributed by atoms with Crippen LogP contribution in [0.2, 0.25) is 0 Å². The summed E-state index contributed by atoms with van der Waals surface area (Å²) in [7, 11) is -3.79. The second-order valence-corrected chi connectivity index (χ2v) is 12.0. The highest BCUT2D eigenvalue weighted by atomic mass is 32.2. The highest BCUT2D eigenvalue weighted by Crippen LogP contribution is 2.45. The lowest BCUT2D eigenvalue weighted by Gasteiger charge is -2.33. The fraction of sp³-hybridized carbons (Fsp3) is 0.481. The molecule has 10 nitrogen and oxygen atoms in total. The number of alkyl halides is 3. The molecule has 3 aliphatic rings. The van der Waals surface area contributed by atoms with Crippen LogP contribution >= 0.6 is 0 Å². The van der Waals surface area contributed by atoms with Gasteiger partial charge in [0.2, 0.25) is 10.0 Å². The first-order valence-corrected chi connectivity index (χ1v) is 15.0. The number of amides is 1. The molecule has 1 saturated carbocycles. The Balaban J connectivity index is 0.000000517. The number of carboxylic acid groups (broad SMARTS) is 1. The highest BCUT2D eigenvalue weighted by Gasteiger charge is 2.38. The Labute approximate surface area is 239 Å². The van der Waals surface area contributed by atoms with Crippen LogP contribution in [0, 0.1) is 5.82 Å². The van der Waals surface area contributed by atoms with Gasteiger partial charge in [0, 0.05) is 19.2 Å². The van der Waals surface area contributed by atoms with E-state index in [1.54, 1.807) is 0 Å². The molecule has 5 rings (SSSR count). The van der Waals surface area contributed by atoms with Gasteiger partial charge >= 0.3 is 12.1 Å². The molecule has 2 aromatic rings. The van der Waals surface area contributed by atoms with Crippen molar-refractivity contribution in [2.45, 2.75) is 50.4 Å². The molecule has 2 heterocycles. The molecule has 0 radical (unpaired) electrons. The van der Waals surface area contributed by atoms with Gasteiger partial charge in [-0.05, 0) is 67.5 Å². The van der Waals surface area contributed by atoms with Crippen molar-refractivity contribution in [3.05, 3.63) is 52.8 Å². The number of hydrogen-bond donors (Lipinski definition) is 2. The first-order valence-electron chi connectivity index (χ1n) is 13.1. The number of hydrogen-bond acceptors (Lipinski definition) is 8. The lowest BCUT2D eigenvalue weighted by molar-refractivity contribution is -0.192. The minimum absolute atomic E-state index is 0.117. The van der Waals surface area contributed by atoms with E-state index in [9.17, 15) is 30.8 Å². The average molecular weight is 619 g/mol. The Kier molecular flexibility index (Phi) is 9.50.